The Kier molecular flexibility index (Phi) is 5.03. The van der Waals surface area contributed by atoms with Crippen molar-refractivity contribution >= 4 is 17.5 Å². The van der Waals surface area contributed by atoms with Crippen molar-refractivity contribution in [1.29, 1.82) is 0 Å². The zero-order valence-corrected chi connectivity index (χ0v) is 13.1. The summed E-state index contributed by atoms with van der Waals surface area (Å²) in [7, 11) is 0. The topological polar surface area (TPSA) is 84.7 Å². The average molecular weight is 305 g/mol. The van der Waals surface area contributed by atoms with Crippen molar-refractivity contribution in [2.24, 2.45) is 5.73 Å². The normalized spacial score (nSPS) is 15.0. The van der Waals surface area contributed by atoms with Crippen LogP contribution in [0.25, 0.3) is 0 Å². The van der Waals surface area contributed by atoms with Crippen molar-refractivity contribution in [1.82, 2.24) is 5.32 Å². The minimum atomic E-state index is -0.444. The number of nitrogens with two attached hydrogens (primary N) is 1. The van der Waals surface area contributed by atoms with Gasteiger partial charge < -0.3 is 20.7 Å². The third kappa shape index (κ3) is 4.21. The molecule has 22 heavy (non-hydrogen) atoms. The van der Waals surface area contributed by atoms with Crippen LogP contribution in [0.4, 0.5) is 5.69 Å². The number of benzene rings is 1. The number of anilines is 1. The fourth-order valence-corrected chi connectivity index (χ4v) is 2.26. The number of amides is 2. The van der Waals surface area contributed by atoms with Gasteiger partial charge in [-0.1, -0.05) is 0 Å². The Balaban J connectivity index is 1.86. The quantitative estimate of drug-likeness (QED) is 0.822. The van der Waals surface area contributed by atoms with Crippen molar-refractivity contribution in [3.05, 3.63) is 24.3 Å². The van der Waals surface area contributed by atoms with Crippen LogP contribution >= 0.6 is 0 Å². The Morgan fingerprint density at radius 3 is 2.59 bits per heavy atom. The molecule has 0 aliphatic carbocycles. The van der Waals surface area contributed by atoms with Gasteiger partial charge in [0.25, 0.3) is 5.91 Å². The van der Waals surface area contributed by atoms with E-state index in [0.717, 1.165) is 18.7 Å². The summed E-state index contributed by atoms with van der Waals surface area (Å²) in [6.07, 6.45) is 1.50. The summed E-state index contributed by atoms with van der Waals surface area (Å²) in [5.74, 6) is 0.530. The van der Waals surface area contributed by atoms with Gasteiger partial charge in [-0.05, 0) is 44.5 Å². The first-order valence-electron chi connectivity index (χ1n) is 7.45. The number of hydrogen-bond acceptors (Lipinski definition) is 4. The Morgan fingerprint density at radius 2 is 2.05 bits per heavy atom. The first-order valence-corrected chi connectivity index (χ1v) is 7.45. The van der Waals surface area contributed by atoms with Crippen molar-refractivity contribution in [3.63, 3.8) is 0 Å². The standard InChI is InChI=1S/C16H23N3O3/c1-16(2,11-17)18-14(20)10-22-13-7-5-12(6-8-13)19-9-3-4-15(19)21/h5-8H,3-4,9-11,17H2,1-2H3,(H,18,20). The second-order valence-electron chi connectivity index (χ2n) is 6.07. The molecule has 1 aliphatic rings. The first-order chi connectivity index (χ1) is 10.4. The molecule has 120 valence electrons. The van der Waals surface area contributed by atoms with E-state index in [4.69, 9.17) is 10.5 Å². The fourth-order valence-electron chi connectivity index (χ4n) is 2.26. The van der Waals surface area contributed by atoms with E-state index >= 15 is 0 Å². The molecule has 2 amide bonds. The van der Waals surface area contributed by atoms with Gasteiger partial charge in [0.1, 0.15) is 5.75 Å². The monoisotopic (exact) mass is 305 g/mol. The lowest BCUT2D eigenvalue weighted by Gasteiger charge is -2.24. The fraction of sp³-hybridized carbons (Fsp3) is 0.500. The van der Waals surface area contributed by atoms with Gasteiger partial charge >= 0.3 is 0 Å². The van der Waals surface area contributed by atoms with Crippen LogP contribution in [-0.2, 0) is 9.59 Å². The number of nitrogens with one attached hydrogen (secondary N) is 1. The number of carbonyl (C=O) groups excluding carboxylic acids is 2. The molecule has 1 aromatic carbocycles. The van der Waals surface area contributed by atoms with E-state index in [0.29, 0.717) is 18.7 Å². The van der Waals surface area contributed by atoms with Crippen LogP contribution in [0.2, 0.25) is 0 Å². The molecule has 0 aromatic heterocycles. The second kappa shape index (κ2) is 6.79. The predicted molar refractivity (Wildman–Crippen MR) is 84.8 cm³/mol. The number of rotatable bonds is 6. The molecule has 0 unspecified atom stereocenters. The summed E-state index contributed by atoms with van der Waals surface area (Å²) in [6, 6.07) is 7.20. The third-order valence-electron chi connectivity index (χ3n) is 3.58. The van der Waals surface area contributed by atoms with E-state index in [-0.39, 0.29) is 18.4 Å². The number of carbonyl (C=O) groups is 2. The second-order valence-corrected chi connectivity index (χ2v) is 6.07. The highest BCUT2D eigenvalue weighted by Gasteiger charge is 2.21. The average Bonchev–Trinajstić information content (AvgIpc) is 2.91. The van der Waals surface area contributed by atoms with Crippen molar-refractivity contribution in [2.75, 3.05) is 24.6 Å². The lowest BCUT2D eigenvalue weighted by molar-refractivity contribution is -0.124. The van der Waals surface area contributed by atoms with Crippen molar-refractivity contribution < 1.29 is 14.3 Å². The molecule has 0 bridgehead atoms. The first kappa shape index (κ1) is 16.3. The van der Waals surface area contributed by atoms with Gasteiger partial charge in [0.2, 0.25) is 5.91 Å². The van der Waals surface area contributed by atoms with E-state index < -0.39 is 5.54 Å². The highest BCUT2D eigenvalue weighted by molar-refractivity contribution is 5.95. The molecule has 1 saturated heterocycles. The van der Waals surface area contributed by atoms with Gasteiger partial charge in [0.15, 0.2) is 6.61 Å². The molecule has 2 rings (SSSR count). The zero-order chi connectivity index (χ0) is 16.2. The Labute approximate surface area is 130 Å². The van der Waals surface area contributed by atoms with Crippen LogP contribution in [-0.4, -0.2) is 37.0 Å². The highest BCUT2D eigenvalue weighted by atomic mass is 16.5. The number of ether oxygens (including phenoxy) is 1. The van der Waals surface area contributed by atoms with E-state index in [2.05, 4.69) is 5.32 Å². The minimum Gasteiger partial charge on any atom is -0.484 e. The molecule has 3 N–H and O–H groups in total. The lowest BCUT2D eigenvalue weighted by atomic mass is 10.1. The zero-order valence-electron chi connectivity index (χ0n) is 13.1. The molecule has 1 heterocycles. The molecule has 0 spiro atoms. The third-order valence-corrected chi connectivity index (χ3v) is 3.58. The molecule has 6 nitrogen and oxygen atoms in total. The van der Waals surface area contributed by atoms with Crippen LogP contribution in [0.3, 0.4) is 0 Å². The minimum absolute atomic E-state index is 0.0641. The molecular formula is C16H23N3O3. The molecule has 6 heteroatoms. The maximum Gasteiger partial charge on any atom is 0.258 e. The molecule has 0 radical (unpaired) electrons. The summed E-state index contributed by atoms with van der Waals surface area (Å²) < 4.78 is 5.45. The summed E-state index contributed by atoms with van der Waals surface area (Å²) in [5, 5.41) is 2.80. The van der Waals surface area contributed by atoms with Crippen LogP contribution in [0.1, 0.15) is 26.7 Å². The molecule has 0 saturated carbocycles. The summed E-state index contributed by atoms with van der Waals surface area (Å²) >= 11 is 0. The van der Waals surface area contributed by atoms with Crippen LogP contribution in [0, 0.1) is 0 Å². The highest BCUT2D eigenvalue weighted by Crippen LogP contribution is 2.23. The molecule has 1 fully saturated rings. The van der Waals surface area contributed by atoms with E-state index in [1.54, 1.807) is 17.0 Å². The summed E-state index contributed by atoms with van der Waals surface area (Å²) in [5.41, 5.74) is 5.98. The summed E-state index contributed by atoms with van der Waals surface area (Å²) in [4.78, 5) is 25.2. The van der Waals surface area contributed by atoms with Gasteiger partial charge in [0.05, 0.1) is 0 Å². The maximum atomic E-state index is 11.8. The predicted octanol–water partition coefficient (Wildman–Crippen LogP) is 1.05. The van der Waals surface area contributed by atoms with Crippen LogP contribution in [0.15, 0.2) is 24.3 Å². The number of nitrogens with zero attached hydrogens (tertiary/aromatic N) is 1. The van der Waals surface area contributed by atoms with Gasteiger partial charge in [-0.15, -0.1) is 0 Å². The Hall–Kier alpha value is -2.08. The van der Waals surface area contributed by atoms with Gasteiger partial charge in [-0.3, -0.25) is 9.59 Å². The van der Waals surface area contributed by atoms with Crippen LogP contribution < -0.4 is 20.7 Å². The Morgan fingerprint density at radius 1 is 1.36 bits per heavy atom. The number of hydrogen-bond donors (Lipinski definition) is 2. The molecular weight excluding hydrogens is 282 g/mol. The van der Waals surface area contributed by atoms with Gasteiger partial charge in [-0.2, -0.15) is 0 Å². The van der Waals surface area contributed by atoms with Gasteiger partial charge in [-0.25, -0.2) is 0 Å². The van der Waals surface area contributed by atoms with Crippen molar-refractivity contribution in [2.45, 2.75) is 32.2 Å². The van der Waals surface area contributed by atoms with E-state index in [1.807, 2.05) is 26.0 Å². The van der Waals surface area contributed by atoms with E-state index in [1.165, 1.54) is 0 Å². The van der Waals surface area contributed by atoms with E-state index in [9.17, 15) is 9.59 Å². The summed E-state index contributed by atoms with van der Waals surface area (Å²) in [6.45, 7) is 4.76. The lowest BCUT2D eigenvalue weighted by Crippen LogP contribution is -2.50. The maximum absolute atomic E-state index is 11.8. The molecule has 1 aromatic rings. The molecule has 1 aliphatic heterocycles. The van der Waals surface area contributed by atoms with Crippen molar-refractivity contribution in [3.8, 4) is 5.75 Å². The smallest absolute Gasteiger partial charge is 0.258 e. The SMILES string of the molecule is CC(C)(CN)NC(=O)COc1ccc(N2CCCC2=O)cc1. The largest absolute Gasteiger partial charge is 0.484 e. The Bertz CT molecular complexity index is 540. The van der Waals surface area contributed by atoms with Crippen LogP contribution in [0.5, 0.6) is 5.75 Å². The van der Waals surface area contributed by atoms with Gasteiger partial charge in [0, 0.05) is 30.7 Å². The molecule has 0 atom stereocenters.